The highest BCUT2D eigenvalue weighted by atomic mass is 16.5. The number of aryl methyl sites for hydroxylation is 1. The number of quaternary nitrogens is 1. The van der Waals surface area contributed by atoms with E-state index in [2.05, 4.69) is 69.6 Å². The molecule has 206 valence electrons. The van der Waals surface area contributed by atoms with Gasteiger partial charge >= 0.3 is 5.97 Å². The number of hydrogen-bond acceptors (Lipinski definition) is 3. The van der Waals surface area contributed by atoms with Crippen molar-refractivity contribution in [2.24, 2.45) is 0 Å². The Labute approximate surface area is 227 Å². The van der Waals surface area contributed by atoms with E-state index in [0.717, 1.165) is 29.7 Å². The lowest BCUT2D eigenvalue weighted by Crippen LogP contribution is -2.40. The molecule has 1 atom stereocenters. The number of carbonyl (C=O) groups excluding carboxylic acids is 1. The van der Waals surface area contributed by atoms with Crippen LogP contribution in [0.1, 0.15) is 95.6 Å². The van der Waals surface area contributed by atoms with Gasteiger partial charge in [0.1, 0.15) is 12.3 Å². The summed E-state index contributed by atoms with van der Waals surface area (Å²) in [4.78, 5) is 12.2. The highest BCUT2D eigenvalue weighted by Gasteiger charge is 2.18. The fraction of sp³-hybridized carbons (Fsp3) is 0.606. The van der Waals surface area contributed by atoms with Gasteiger partial charge in [-0.3, -0.25) is 4.79 Å². The van der Waals surface area contributed by atoms with E-state index in [0.29, 0.717) is 19.4 Å². The molecule has 0 aliphatic carbocycles. The molecular formula is C33H52NO3+. The molecule has 0 bridgehead atoms. The quantitative estimate of drug-likeness (QED) is 0.102. The highest BCUT2D eigenvalue weighted by molar-refractivity contribution is 5.69. The fourth-order valence-corrected chi connectivity index (χ4v) is 4.63. The van der Waals surface area contributed by atoms with Gasteiger partial charge in [-0.15, -0.1) is 0 Å². The maximum Gasteiger partial charge on any atom is 0.311 e. The van der Waals surface area contributed by atoms with Crippen LogP contribution in [0.3, 0.4) is 0 Å². The number of rotatable bonds is 20. The van der Waals surface area contributed by atoms with Crippen LogP contribution < -0.4 is 4.74 Å². The van der Waals surface area contributed by atoms with Gasteiger partial charge < -0.3 is 14.0 Å². The van der Waals surface area contributed by atoms with Crippen LogP contribution in [0.2, 0.25) is 0 Å². The number of nitrogens with zero attached hydrogens (tertiary/aromatic N) is 1. The maximum absolute atomic E-state index is 12.2. The second-order valence-electron chi connectivity index (χ2n) is 11.2. The Morgan fingerprint density at radius 2 is 1.43 bits per heavy atom. The summed E-state index contributed by atoms with van der Waals surface area (Å²) in [5.41, 5.74) is 2.66. The van der Waals surface area contributed by atoms with E-state index in [1.807, 2.05) is 13.0 Å². The van der Waals surface area contributed by atoms with Crippen molar-refractivity contribution in [1.82, 2.24) is 0 Å². The van der Waals surface area contributed by atoms with Crippen molar-refractivity contribution >= 4 is 5.97 Å². The third-order valence-electron chi connectivity index (χ3n) is 6.99. The molecule has 2 aromatic rings. The Morgan fingerprint density at radius 1 is 0.811 bits per heavy atom. The van der Waals surface area contributed by atoms with E-state index in [9.17, 15) is 4.79 Å². The molecule has 0 fully saturated rings. The molecular weight excluding hydrogens is 458 g/mol. The second-order valence-corrected chi connectivity index (χ2v) is 11.2. The Hall–Kier alpha value is -2.33. The standard InChI is InChI=1S/C33H52NO3/c1-5-6-7-8-9-10-11-12-14-17-30-20-22-32(23-21-30)37-29(2)25-27-36-33(35)24-26-34(3,4)28-31-18-15-13-16-19-31/h13,15-16,18-23,29H,5-12,14,17,24-28H2,1-4H3/q+1. The van der Waals surface area contributed by atoms with Gasteiger partial charge in [-0.1, -0.05) is 101 Å². The van der Waals surface area contributed by atoms with Crippen LogP contribution in [0.4, 0.5) is 0 Å². The number of unbranched alkanes of at least 4 members (excludes halogenated alkanes) is 8. The molecule has 4 nitrogen and oxygen atoms in total. The van der Waals surface area contributed by atoms with Crippen LogP contribution in [0, 0.1) is 0 Å². The first-order valence-corrected chi connectivity index (χ1v) is 14.6. The van der Waals surface area contributed by atoms with Crippen LogP contribution in [-0.2, 0) is 22.5 Å². The fourth-order valence-electron chi connectivity index (χ4n) is 4.63. The molecule has 0 N–H and O–H groups in total. The third-order valence-corrected chi connectivity index (χ3v) is 6.99. The molecule has 0 heterocycles. The van der Waals surface area contributed by atoms with E-state index >= 15 is 0 Å². The van der Waals surface area contributed by atoms with Gasteiger partial charge in [-0.05, 0) is 37.5 Å². The average molecular weight is 511 g/mol. The first kappa shape index (κ1) is 30.9. The number of ether oxygens (including phenoxy) is 2. The van der Waals surface area contributed by atoms with E-state index in [-0.39, 0.29) is 12.1 Å². The average Bonchev–Trinajstić information content (AvgIpc) is 2.88. The van der Waals surface area contributed by atoms with E-state index in [4.69, 9.17) is 9.47 Å². The summed E-state index contributed by atoms with van der Waals surface area (Å²) in [5.74, 6) is 0.752. The zero-order chi connectivity index (χ0) is 26.8. The van der Waals surface area contributed by atoms with Crippen molar-refractivity contribution in [1.29, 1.82) is 0 Å². The molecule has 0 spiro atoms. The molecule has 0 amide bonds. The third kappa shape index (κ3) is 14.9. The van der Waals surface area contributed by atoms with E-state index in [1.165, 1.54) is 68.9 Å². The SMILES string of the molecule is CCCCCCCCCCCc1ccc(OC(C)CCOC(=O)CC[N+](C)(C)Cc2ccccc2)cc1. The molecule has 0 aliphatic heterocycles. The predicted octanol–water partition coefficient (Wildman–Crippen LogP) is 8.13. The summed E-state index contributed by atoms with van der Waals surface area (Å²) >= 11 is 0. The zero-order valence-corrected chi connectivity index (χ0v) is 24.1. The summed E-state index contributed by atoms with van der Waals surface area (Å²) in [7, 11) is 4.30. The molecule has 37 heavy (non-hydrogen) atoms. The largest absolute Gasteiger partial charge is 0.491 e. The van der Waals surface area contributed by atoms with Gasteiger partial charge in [0.2, 0.25) is 0 Å². The summed E-state index contributed by atoms with van der Waals surface area (Å²) in [6.45, 7) is 6.35. The van der Waals surface area contributed by atoms with Gasteiger partial charge in [0.15, 0.2) is 0 Å². The predicted molar refractivity (Wildman–Crippen MR) is 155 cm³/mol. The number of benzene rings is 2. The molecule has 0 radical (unpaired) electrons. The first-order chi connectivity index (χ1) is 17.9. The van der Waals surface area contributed by atoms with Crippen LogP contribution in [0.25, 0.3) is 0 Å². The van der Waals surface area contributed by atoms with Crippen LogP contribution in [0.15, 0.2) is 54.6 Å². The number of carbonyl (C=O) groups is 1. The lowest BCUT2D eigenvalue weighted by molar-refractivity contribution is -0.903. The molecule has 1 unspecified atom stereocenters. The summed E-state index contributed by atoms with van der Waals surface area (Å²) in [5, 5.41) is 0. The minimum Gasteiger partial charge on any atom is -0.491 e. The molecule has 2 aromatic carbocycles. The highest BCUT2D eigenvalue weighted by Crippen LogP contribution is 2.18. The molecule has 4 heteroatoms. The zero-order valence-electron chi connectivity index (χ0n) is 24.1. The van der Waals surface area contributed by atoms with Crippen molar-refractivity contribution in [2.45, 2.75) is 104 Å². The maximum atomic E-state index is 12.2. The Kier molecular flexibility index (Phi) is 15.0. The summed E-state index contributed by atoms with van der Waals surface area (Å²) < 4.78 is 12.3. The molecule has 0 saturated carbocycles. The van der Waals surface area contributed by atoms with Gasteiger partial charge in [-0.25, -0.2) is 0 Å². The van der Waals surface area contributed by atoms with Crippen molar-refractivity contribution in [3.63, 3.8) is 0 Å². The van der Waals surface area contributed by atoms with E-state index < -0.39 is 0 Å². The lowest BCUT2D eigenvalue weighted by atomic mass is 10.0. The van der Waals surface area contributed by atoms with Crippen LogP contribution >= 0.6 is 0 Å². The number of hydrogen-bond donors (Lipinski definition) is 0. The Bertz CT molecular complexity index is 848. The molecule has 2 rings (SSSR count). The molecule has 0 aliphatic rings. The normalized spacial score (nSPS) is 12.3. The second kappa shape index (κ2) is 18.0. The molecule has 0 aromatic heterocycles. The first-order valence-electron chi connectivity index (χ1n) is 14.6. The molecule has 0 saturated heterocycles. The smallest absolute Gasteiger partial charge is 0.311 e. The van der Waals surface area contributed by atoms with Gasteiger partial charge in [0.25, 0.3) is 0 Å². The Balaban J connectivity index is 1.54. The lowest BCUT2D eigenvalue weighted by Gasteiger charge is -2.29. The topological polar surface area (TPSA) is 35.5 Å². The van der Waals surface area contributed by atoms with Crippen molar-refractivity contribution < 1.29 is 18.8 Å². The van der Waals surface area contributed by atoms with Gasteiger partial charge in [0, 0.05) is 12.0 Å². The Morgan fingerprint density at radius 3 is 2.08 bits per heavy atom. The van der Waals surface area contributed by atoms with E-state index in [1.54, 1.807) is 0 Å². The van der Waals surface area contributed by atoms with Crippen molar-refractivity contribution in [3.8, 4) is 5.75 Å². The van der Waals surface area contributed by atoms with Crippen molar-refractivity contribution in [2.75, 3.05) is 27.2 Å². The van der Waals surface area contributed by atoms with Crippen LogP contribution in [-0.4, -0.2) is 43.8 Å². The van der Waals surface area contributed by atoms with Gasteiger partial charge in [0.05, 0.1) is 39.8 Å². The number of esters is 1. The van der Waals surface area contributed by atoms with Crippen LogP contribution in [0.5, 0.6) is 5.75 Å². The minimum atomic E-state index is -0.132. The minimum absolute atomic E-state index is 0.00118. The summed E-state index contributed by atoms with van der Waals surface area (Å²) in [6.07, 6.45) is 14.5. The van der Waals surface area contributed by atoms with Gasteiger partial charge in [-0.2, -0.15) is 0 Å². The van der Waals surface area contributed by atoms with Crippen molar-refractivity contribution in [3.05, 3.63) is 65.7 Å². The monoisotopic (exact) mass is 510 g/mol. The summed E-state index contributed by atoms with van der Waals surface area (Å²) in [6, 6.07) is 18.9.